The van der Waals surface area contributed by atoms with Crippen molar-refractivity contribution in [3.05, 3.63) is 53.2 Å². The van der Waals surface area contributed by atoms with Gasteiger partial charge in [0.1, 0.15) is 0 Å². The highest BCUT2D eigenvalue weighted by Crippen LogP contribution is 2.26. The van der Waals surface area contributed by atoms with E-state index < -0.39 is 0 Å². The van der Waals surface area contributed by atoms with Crippen LogP contribution in [0, 0.1) is 5.92 Å². The fourth-order valence-corrected chi connectivity index (χ4v) is 2.65. The minimum Gasteiger partial charge on any atom is -0.352 e. The van der Waals surface area contributed by atoms with E-state index >= 15 is 0 Å². The van der Waals surface area contributed by atoms with Crippen LogP contribution >= 0.6 is 11.6 Å². The number of nitrogens with one attached hydrogen (secondary N) is 1. The molecule has 6 heteroatoms. The maximum absolute atomic E-state index is 12.2. The van der Waals surface area contributed by atoms with Crippen LogP contribution in [0.3, 0.4) is 0 Å². The zero-order valence-corrected chi connectivity index (χ0v) is 14.4. The van der Waals surface area contributed by atoms with Gasteiger partial charge in [-0.3, -0.25) is 9.20 Å². The number of halogens is 1. The zero-order valence-electron chi connectivity index (χ0n) is 13.7. The van der Waals surface area contributed by atoms with Gasteiger partial charge in [0.05, 0.1) is 5.02 Å². The quantitative estimate of drug-likeness (QED) is 0.766. The second-order valence-electron chi connectivity index (χ2n) is 6.09. The minimum atomic E-state index is -0.0968. The number of aromatic nitrogens is 3. The Hall–Kier alpha value is -2.40. The van der Waals surface area contributed by atoms with E-state index in [4.69, 9.17) is 11.6 Å². The number of rotatable bonds is 5. The first kappa shape index (κ1) is 16.5. The van der Waals surface area contributed by atoms with Crippen molar-refractivity contribution in [3.63, 3.8) is 0 Å². The minimum absolute atomic E-state index is 0.0968. The molecule has 1 aromatic carbocycles. The lowest BCUT2D eigenvalue weighted by atomic mass is 10.1. The van der Waals surface area contributed by atoms with Crippen molar-refractivity contribution >= 4 is 23.2 Å². The maximum Gasteiger partial charge on any atom is 0.251 e. The Morgan fingerprint density at radius 1 is 1.25 bits per heavy atom. The Labute approximate surface area is 145 Å². The van der Waals surface area contributed by atoms with Gasteiger partial charge in [-0.1, -0.05) is 37.6 Å². The van der Waals surface area contributed by atoms with Crippen molar-refractivity contribution in [1.29, 1.82) is 0 Å². The molecule has 2 heterocycles. The second kappa shape index (κ2) is 7.01. The molecule has 3 aromatic rings. The summed E-state index contributed by atoms with van der Waals surface area (Å²) in [4.78, 5) is 12.2. The molecule has 0 unspecified atom stereocenters. The van der Waals surface area contributed by atoms with Crippen LogP contribution in [0.15, 0.2) is 42.6 Å². The number of benzene rings is 1. The predicted molar refractivity (Wildman–Crippen MR) is 95.2 cm³/mol. The Kier molecular flexibility index (Phi) is 4.81. The highest BCUT2D eigenvalue weighted by Gasteiger charge is 2.13. The van der Waals surface area contributed by atoms with E-state index in [-0.39, 0.29) is 5.91 Å². The number of carbonyl (C=O) groups is 1. The normalized spacial score (nSPS) is 11.2. The molecular weight excluding hydrogens is 324 g/mol. The maximum atomic E-state index is 12.2. The standard InChI is InChI=1S/C18H19ClN4O/c1-12(2)7-9-20-18(24)13-8-10-23-16(11-13)21-22-17(23)14-5-3-4-6-15(14)19/h3-6,8,10-12H,7,9H2,1-2H3,(H,20,24). The number of hydrogen-bond donors (Lipinski definition) is 1. The highest BCUT2D eigenvalue weighted by atomic mass is 35.5. The van der Waals surface area contributed by atoms with Crippen molar-refractivity contribution in [3.8, 4) is 11.4 Å². The summed E-state index contributed by atoms with van der Waals surface area (Å²) in [5, 5.41) is 11.9. The third-order valence-electron chi connectivity index (χ3n) is 3.79. The van der Waals surface area contributed by atoms with Gasteiger partial charge in [0, 0.05) is 23.9 Å². The van der Waals surface area contributed by atoms with E-state index in [1.807, 2.05) is 28.7 Å². The van der Waals surface area contributed by atoms with Crippen LogP contribution < -0.4 is 5.32 Å². The number of carbonyl (C=O) groups excluding carboxylic acids is 1. The van der Waals surface area contributed by atoms with E-state index in [9.17, 15) is 4.79 Å². The molecule has 0 aliphatic rings. The van der Waals surface area contributed by atoms with Gasteiger partial charge in [0.2, 0.25) is 0 Å². The van der Waals surface area contributed by atoms with Gasteiger partial charge < -0.3 is 5.32 Å². The molecule has 24 heavy (non-hydrogen) atoms. The van der Waals surface area contributed by atoms with E-state index in [2.05, 4.69) is 29.4 Å². The number of amides is 1. The summed E-state index contributed by atoms with van der Waals surface area (Å²) in [6.07, 6.45) is 2.75. The van der Waals surface area contributed by atoms with Crippen molar-refractivity contribution in [2.75, 3.05) is 6.54 Å². The molecule has 0 radical (unpaired) electrons. The average molecular weight is 343 g/mol. The lowest BCUT2D eigenvalue weighted by Gasteiger charge is -2.07. The first-order chi connectivity index (χ1) is 11.6. The van der Waals surface area contributed by atoms with E-state index in [1.54, 1.807) is 18.3 Å². The molecule has 0 aliphatic carbocycles. The molecule has 1 amide bonds. The van der Waals surface area contributed by atoms with Gasteiger partial charge in [-0.2, -0.15) is 0 Å². The topological polar surface area (TPSA) is 59.3 Å². The molecule has 0 saturated carbocycles. The summed E-state index contributed by atoms with van der Waals surface area (Å²) in [5.41, 5.74) is 1.99. The third-order valence-corrected chi connectivity index (χ3v) is 4.12. The Bertz CT molecular complexity index is 872. The lowest BCUT2D eigenvalue weighted by Crippen LogP contribution is -2.25. The van der Waals surface area contributed by atoms with Crippen molar-refractivity contribution < 1.29 is 4.79 Å². The fraction of sp³-hybridized carbons (Fsp3) is 0.278. The molecule has 5 nitrogen and oxygen atoms in total. The van der Waals surface area contributed by atoms with Crippen LogP contribution in [-0.4, -0.2) is 27.0 Å². The third kappa shape index (κ3) is 3.41. The Morgan fingerprint density at radius 3 is 2.79 bits per heavy atom. The van der Waals surface area contributed by atoms with Crippen LogP contribution in [-0.2, 0) is 0 Å². The van der Waals surface area contributed by atoms with Crippen LogP contribution in [0.1, 0.15) is 30.6 Å². The van der Waals surface area contributed by atoms with Crippen LogP contribution in [0.4, 0.5) is 0 Å². The largest absolute Gasteiger partial charge is 0.352 e. The molecule has 0 atom stereocenters. The van der Waals surface area contributed by atoms with Crippen LogP contribution in [0.2, 0.25) is 5.02 Å². The van der Waals surface area contributed by atoms with E-state index in [0.717, 1.165) is 12.0 Å². The summed E-state index contributed by atoms with van der Waals surface area (Å²) >= 11 is 6.24. The SMILES string of the molecule is CC(C)CCNC(=O)c1ccn2c(-c3ccccc3Cl)nnc2c1. The summed E-state index contributed by atoms with van der Waals surface area (Å²) in [7, 11) is 0. The molecule has 0 saturated heterocycles. The monoisotopic (exact) mass is 342 g/mol. The van der Waals surface area contributed by atoms with Gasteiger partial charge in [0.25, 0.3) is 5.91 Å². The van der Waals surface area contributed by atoms with E-state index in [1.165, 1.54) is 0 Å². The lowest BCUT2D eigenvalue weighted by molar-refractivity contribution is 0.0952. The number of nitrogens with zero attached hydrogens (tertiary/aromatic N) is 3. The van der Waals surface area contributed by atoms with Gasteiger partial charge in [-0.25, -0.2) is 0 Å². The van der Waals surface area contributed by atoms with Gasteiger partial charge >= 0.3 is 0 Å². The first-order valence-corrected chi connectivity index (χ1v) is 8.32. The molecule has 0 aliphatic heterocycles. The summed E-state index contributed by atoms with van der Waals surface area (Å²) < 4.78 is 1.83. The van der Waals surface area contributed by atoms with E-state index in [0.29, 0.717) is 34.5 Å². The Morgan fingerprint density at radius 2 is 2.04 bits per heavy atom. The fourth-order valence-electron chi connectivity index (χ4n) is 2.43. The highest BCUT2D eigenvalue weighted by molar-refractivity contribution is 6.33. The smallest absolute Gasteiger partial charge is 0.251 e. The van der Waals surface area contributed by atoms with Gasteiger partial charge in [-0.15, -0.1) is 10.2 Å². The molecule has 124 valence electrons. The van der Waals surface area contributed by atoms with Crippen LogP contribution in [0.25, 0.3) is 17.0 Å². The molecule has 0 fully saturated rings. The Balaban J connectivity index is 1.86. The van der Waals surface area contributed by atoms with Crippen LogP contribution in [0.5, 0.6) is 0 Å². The number of fused-ring (bicyclic) bond motifs is 1. The predicted octanol–water partition coefficient (Wildman–Crippen LogP) is 3.83. The van der Waals surface area contributed by atoms with Gasteiger partial charge in [-0.05, 0) is 36.6 Å². The molecule has 1 N–H and O–H groups in total. The second-order valence-corrected chi connectivity index (χ2v) is 6.49. The van der Waals surface area contributed by atoms with Crippen molar-refractivity contribution in [1.82, 2.24) is 19.9 Å². The number of pyridine rings is 1. The summed E-state index contributed by atoms with van der Waals surface area (Å²) in [6, 6.07) is 11.0. The zero-order chi connectivity index (χ0) is 17.1. The summed E-state index contributed by atoms with van der Waals surface area (Å²) in [6.45, 7) is 4.93. The number of hydrogen-bond acceptors (Lipinski definition) is 3. The molecule has 0 bridgehead atoms. The molecule has 3 rings (SSSR count). The molecule has 2 aromatic heterocycles. The van der Waals surface area contributed by atoms with Gasteiger partial charge in [0.15, 0.2) is 11.5 Å². The van der Waals surface area contributed by atoms with Crippen molar-refractivity contribution in [2.45, 2.75) is 20.3 Å². The summed E-state index contributed by atoms with van der Waals surface area (Å²) in [5.74, 6) is 1.12. The molecule has 0 spiro atoms. The molecular formula is C18H19ClN4O. The average Bonchev–Trinajstić information content (AvgIpc) is 2.98. The first-order valence-electron chi connectivity index (χ1n) is 7.94. The van der Waals surface area contributed by atoms with Crippen molar-refractivity contribution in [2.24, 2.45) is 5.92 Å².